The molecule has 1 aromatic rings. The van der Waals surface area contributed by atoms with Crippen LogP contribution in [0, 0.1) is 5.92 Å². The number of nitrogen functional groups attached to an aromatic ring is 1. The van der Waals surface area contributed by atoms with Crippen molar-refractivity contribution in [1.29, 1.82) is 0 Å². The van der Waals surface area contributed by atoms with Gasteiger partial charge in [-0.2, -0.15) is 0 Å². The van der Waals surface area contributed by atoms with Crippen LogP contribution in [0.5, 0.6) is 5.75 Å². The number of rotatable bonds is 6. The maximum absolute atomic E-state index is 12.2. The van der Waals surface area contributed by atoms with Crippen molar-refractivity contribution in [3.63, 3.8) is 0 Å². The van der Waals surface area contributed by atoms with Crippen molar-refractivity contribution < 1.29 is 13.5 Å². The van der Waals surface area contributed by atoms with Gasteiger partial charge in [0.2, 0.25) is 10.0 Å². The molecule has 0 aliphatic rings. The van der Waals surface area contributed by atoms with E-state index in [0.29, 0.717) is 5.92 Å². The minimum atomic E-state index is -3.61. The van der Waals surface area contributed by atoms with Crippen LogP contribution in [-0.2, 0) is 10.0 Å². The van der Waals surface area contributed by atoms with Gasteiger partial charge in [0.25, 0.3) is 0 Å². The molecule has 0 aliphatic heterocycles. The fourth-order valence-corrected chi connectivity index (χ4v) is 3.45. The SMILES string of the molecule is CCC(CC)C(C)NS(=O)(=O)c1ccc(O)c(N)c1. The molecule has 1 aromatic carbocycles. The zero-order chi connectivity index (χ0) is 14.6. The number of hydrogen-bond acceptors (Lipinski definition) is 4. The van der Waals surface area contributed by atoms with Gasteiger partial charge in [0.15, 0.2) is 0 Å². The van der Waals surface area contributed by atoms with Crippen LogP contribution in [0.4, 0.5) is 5.69 Å². The Kier molecular flexibility index (Phi) is 5.20. The second-order valence-corrected chi connectivity index (χ2v) is 6.42. The van der Waals surface area contributed by atoms with Crippen LogP contribution in [-0.4, -0.2) is 19.6 Å². The highest BCUT2D eigenvalue weighted by Gasteiger charge is 2.22. The first-order valence-corrected chi connectivity index (χ1v) is 7.91. The molecule has 0 amide bonds. The van der Waals surface area contributed by atoms with E-state index in [4.69, 9.17) is 5.73 Å². The third-order valence-corrected chi connectivity index (χ3v) is 4.96. The molecule has 108 valence electrons. The van der Waals surface area contributed by atoms with E-state index in [1.165, 1.54) is 18.2 Å². The van der Waals surface area contributed by atoms with Gasteiger partial charge in [0, 0.05) is 6.04 Å². The van der Waals surface area contributed by atoms with E-state index >= 15 is 0 Å². The summed E-state index contributed by atoms with van der Waals surface area (Å²) in [4.78, 5) is 0.0700. The van der Waals surface area contributed by atoms with Gasteiger partial charge >= 0.3 is 0 Å². The minimum Gasteiger partial charge on any atom is -0.506 e. The molecule has 4 N–H and O–H groups in total. The van der Waals surface area contributed by atoms with Crippen molar-refractivity contribution in [1.82, 2.24) is 4.72 Å². The zero-order valence-electron chi connectivity index (χ0n) is 11.6. The highest BCUT2D eigenvalue weighted by Crippen LogP contribution is 2.24. The number of hydrogen-bond donors (Lipinski definition) is 3. The first kappa shape index (κ1) is 15.8. The summed E-state index contributed by atoms with van der Waals surface area (Å²) in [6.45, 7) is 5.94. The Morgan fingerprint density at radius 2 is 1.89 bits per heavy atom. The molecule has 0 radical (unpaired) electrons. The molecule has 0 saturated heterocycles. The van der Waals surface area contributed by atoms with Gasteiger partial charge in [0.1, 0.15) is 5.75 Å². The maximum atomic E-state index is 12.2. The van der Waals surface area contributed by atoms with E-state index < -0.39 is 10.0 Å². The van der Waals surface area contributed by atoms with Crippen LogP contribution in [0.25, 0.3) is 0 Å². The number of anilines is 1. The third kappa shape index (κ3) is 3.84. The molecule has 5 nitrogen and oxygen atoms in total. The lowest BCUT2D eigenvalue weighted by Crippen LogP contribution is -2.37. The van der Waals surface area contributed by atoms with Gasteiger partial charge in [0.05, 0.1) is 10.6 Å². The van der Waals surface area contributed by atoms with Gasteiger partial charge in [-0.25, -0.2) is 13.1 Å². The van der Waals surface area contributed by atoms with Gasteiger partial charge in [-0.15, -0.1) is 0 Å². The number of nitrogens with two attached hydrogens (primary N) is 1. The molecule has 0 spiro atoms. The van der Waals surface area contributed by atoms with E-state index in [2.05, 4.69) is 4.72 Å². The van der Waals surface area contributed by atoms with Crippen molar-refractivity contribution in [2.24, 2.45) is 5.92 Å². The van der Waals surface area contributed by atoms with Crippen molar-refractivity contribution in [2.75, 3.05) is 5.73 Å². The molecule has 1 rings (SSSR count). The maximum Gasteiger partial charge on any atom is 0.240 e. The lowest BCUT2D eigenvalue weighted by Gasteiger charge is -2.22. The smallest absolute Gasteiger partial charge is 0.240 e. The van der Waals surface area contributed by atoms with E-state index in [0.717, 1.165) is 12.8 Å². The minimum absolute atomic E-state index is 0.0538. The Labute approximate surface area is 114 Å². The summed E-state index contributed by atoms with van der Waals surface area (Å²) < 4.78 is 27.0. The average molecular weight is 286 g/mol. The number of phenolic OH excluding ortho intramolecular Hbond substituents is 1. The van der Waals surface area contributed by atoms with Crippen LogP contribution in [0.1, 0.15) is 33.6 Å². The molecule has 0 bridgehead atoms. The molecular formula is C13H22N2O3S. The average Bonchev–Trinajstić information content (AvgIpc) is 2.33. The van der Waals surface area contributed by atoms with E-state index in [1.807, 2.05) is 20.8 Å². The summed E-state index contributed by atoms with van der Waals surface area (Å²) in [5.74, 6) is 0.177. The standard InChI is InChI=1S/C13H22N2O3S/c1-4-10(5-2)9(3)15-19(17,18)11-6-7-13(16)12(14)8-11/h6-10,15-16H,4-5,14H2,1-3H3. The lowest BCUT2D eigenvalue weighted by atomic mass is 9.96. The van der Waals surface area contributed by atoms with E-state index in [9.17, 15) is 13.5 Å². The summed E-state index contributed by atoms with van der Waals surface area (Å²) in [5.41, 5.74) is 5.57. The summed E-state index contributed by atoms with van der Waals surface area (Å²) >= 11 is 0. The topological polar surface area (TPSA) is 92.4 Å². The van der Waals surface area contributed by atoms with Crippen LogP contribution >= 0.6 is 0 Å². The number of benzene rings is 1. The van der Waals surface area contributed by atoms with Crippen LogP contribution in [0.15, 0.2) is 23.1 Å². The Hall–Kier alpha value is -1.27. The molecular weight excluding hydrogens is 264 g/mol. The molecule has 0 saturated carbocycles. The first-order valence-electron chi connectivity index (χ1n) is 6.42. The van der Waals surface area contributed by atoms with Crippen LogP contribution in [0.2, 0.25) is 0 Å². The molecule has 19 heavy (non-hydrogen) atoms. The van der Waals surface area contributed by atoms with E-state index in [1.54, 1.807) is 0 Å². The quantitative estimate of drug-likeness (QED) is 0.551. The fraction of sp³-hybridized carbons (Fsp3) is 0.538. The fourth-order valence-electron chi connectivity index (χ4n) is 2.10. The number of aromatic hydroxyl groups is 1. The molecule has 0 fully saturated rings. The van der Waals surface area contributed by atoms with E-state index in [-0.39, 0.29) is 22.4 Å². The number of phenols is 1. The third-order valence-electron chi connectivity index (χ3n) is 3.41. The summed E-state index contributed by atoms with van der Waals surface area (Å²) in [6.07, 6.45) is 1.83. The zero-order valence-corrected chi connectivity index (χ0v) is 12.4. The normalized spacial score (nSPS) is 13.7. The largest absolute Gasteiger partial charge is 0.506 e. The summed E-state index contributed by atoms with van der Waals surface area (Å²) in [6, 6.07) is 3.74. The highest BCUT2D eigenvalue weighted by atomic mass is 32.2. The molecule has 6 heteroatoms. The molecule has 0 aliphatic carbocycles. The Balaban J connectivity index is 2.95. The van der Waals surface area contributed by atoms with Crippen LogP contribution < -0.4 is 10.5 Å². The molecule has 0 aromatic heterocycles. The van der Waals surface area contributed by atoms with Gasteiger partial charge in [-0.3, -0.25) is 0 Å². The Morgan fingerprint density at radius 1 is 1.32 bits per heavy atom. The van der Waals surface area contributed by atoms with Crippen molar-refractivity contribution >= 4 is 15.7 Å². The van der Waals surface area contributed by atoms with Crippen molar-refractivity contribution in [3.8, 4) is 5.75 Å². The van der Waals surface area contributed by atoms with Gasteiger partial charge < -0.3 is 10.8 Å². The second kappa shape index (κ2) is 6.25. The predicted octanol–water partition coefficient (Wildman–Crippen LogP) is 2.08. The van der Waals surface area contributed by atoms with Crippen molar-refractivity contribution in [3.05, 3.63) is 18.2 Å². The lowest BCUT2D eigenvalue weighted by molar-refractivity contribution is 0.390. The monoisotopic (exact) mass is 286 g/mol. The summed E-state index contributed by atoms with van der Waals surface area (Å²) in [5, 5.41) is 9.32. The molecule has 0 heterocycles. The number of nitrogens with one attached hydrogen (secondary N) is 1. The Bertz CT molecular complexity index is 525. The molecule has 1 unspecified atom stereocenters. The highest BCUT2D eigenvalue weighted by molar-refractivity contribution is 7.89. The van der Waals surface area contributed by atoms with Gasteiger partial charge in [-0.1, -0.05) is 26.7 Å². The Morgan fingerprint density at radius 3 is 2.37 bits per heavy atom. The van der Waals surface area contributed by atoms with Crippen LogP contribution in [0.3, 0.4) is 0 Å². The van der Waals surface area contributed by atoms with Crippen molar-refractivity contribution in [2.45, 2.75) is 44.6 Å². The first-order chi connectivity index (χ1) is 8.81. The predicted molar refractivity (Wildman–Crippen MR) is 76.4 cm³/mol. The number of sulfonamides is 1. The summed E-state index contributed by atoms with van der Waals surface area (Å²) in [7, 11) is -3.61. The second-order valence-electron chi connectivity index (χ2n) is 4.71. The molecule has 1 atom stereocenters. The van der Waals surface area contributed by atoms with Gasteiger partial charge in [-0.05, 0) is 31.0 Å².